The average Bonchev–Trinajstić information content (AvgIpc) is 2.19. The second kappa shape index (κ2) is 5.75. The number of nitrogens with zero attached hydrogens (tertiary/aromatic N) is 1. The van der Waals surface area contributed by atoms with Crippen LogP contribution >= 0.6 is 0 Å². The Morgan fingerprint density at radius 1 is 1.33 bits per heavy atom. The van der Waals surface area contributed by atoms with E-state index in [4.69, 9.17) is 0 Å². The van der Waals surface area contributed by atoms with Gasteiger partial charge in [0.05, 0.1) is 19.4 Å². The quantitative estimate of drug-likeness (QED) is 0.293. The summed E-state index contributed by atoms with van der Waals surface area (Å²) in [7, 11) is 0.603. The van der Waals surface area contributed by atoms with Gasteiger partial charge in [0.15, 0.2) is 0 Å². The van der Waals surface area contributed by atoms with Crippen molar-refractivity contribution in [1.29, 1.82) is 0 Å². The molecule has 1 fully saturated rings. The van der Waals surface area contributed by atoms with E-state index in [-0.39, 0.29) is 18.9 Å². The first-order valence-electron chi connectivity index (χ1n) is 3.45. The molecule has 0 amide bonds. The molecule has 0 aromatic heterocycles. The number of rotatable bonds is 2. The van der Waals surface area contributed by atoms with E-state index < -0.39 is 0 Å². The third kappa shape index (κ3) is 3.64. The van der Waals surface area contributed by atoms with Crippen LogP contribution in [0.25, 0.3) is 0 Å². The van der Waals surface area contributed by atoms with E-state index in [2.05, 4.69) is 11.2 Å². The Labute approximate surface area is 74.6 Å². The summed E-state index contributed by atoms with van der Waals surface area (Å²) in [5.41, 5.74) is 0. The maximum absolute atomic E-state index is 3.85. The second-order valence-electron chi connectivity index (χ2n) is 2.40. The summed E-state index contributed by atoms with van der Waals surface area (Å²) in [4.78, 5) is 0. The summed E-state index contributed by atoms with van der Waals surface area (Å²) >= 11 is 0. The molecule has 0 saturated carbocycles. The standard InChI is InChI=1S/C5H14NSi2.Li/c1-2-3-6-7-4-5-8-6;/h1-5,7-8H2;/q-1;+1. The predicted molar refractivity (Wildman–Crippen MR) is 43.4 cm³/mol. The molecular formula is C5H14LiNSi2. The summed E-state index contributed by atoms with van der Waals surface area (Å²) in [6.07, 6.45) is 1.14. The third-order valence-electron chi connectivity index (χ3n) is 1.67. The minimum absolute atomic E-state index is 0. The molecule has 0 radical (unpaired) electrons. The van der Waals surface area contributed by atoms with Crippen molar-refractivity contribution in [3.63, 3.8) is 0 Å². The molecule has 1 aliphatic heterocycles. The van der Waals surface area contributed by atoms with Crippen molar-refractivity contribution in [2.45, 2.75) is 18.5 Å². The molecule has 9 heavy (non-hydrogen) atoms. The summed E-state index contributed by atoms with van der Waals surface area (Å²) in [6.45, 7) is 5.18. The first-order valence-corrected chi connectivity index (χ1v) is 6.71. The van der Waals surface area contributed by atoms with Crippen LogP contribution in [0.4, 0.5) is 0 Å². The van der Waals surface area contributed by atoms with E-state index in [1.54, 1.807) is 12.1 Å². The van der Waals surface area contributed by atoms with Gasteiger partial charge in [-0.15, -0.1) is 0 Å². The van der Waals surface area contributed by atoms with E-state index in [1.165, 1.54) is 6.54 Å². The largest absolute Gasteiger partial charge is 1.00 e. The van der Waals surface area contributed by atoms with Gasteiger partial charge in [0, 0.05) is 0 Å². The van der Waals surface area contributed by atoms with Gasteiger partial charge >= 0.3 is 18.9 Å². The van der Waals surface area contributed by atoms with Crippen molar-refractivity contribution in [2.75, 3.05) is 6.54 Å². The van der Waals surface area contributed by atoms with E-state index in [1.807, 2.05) is 0 Å². The molecule has 0 aromatic carbocycles. The van der Waals surface area contributed by atoms with Crippen LogP contribution in [0.2, 0.25) is 12.1 Å². The predicted octanol–water partition coefficient (Wildman–Crippen LogP) is -3.47. The zero-order chi connectivity index (χ0) is 5.82. The fraction of sp³-hybridized carbons (Fsp3) is 0.800. The van der Waals surface area contributed by atoms with Gasteiger partial charge in [-0.05, 0) is 6.54 Å². The summed E-state index contributed by atoms with van der Waals surface area (Å²) < 4.78 is 2.76. The molecule has 0 bridgehead atoms. The van der Waals surface area contributed by atoms with Gasteiger partial charge in [0.1, 0.15) is 0 Å². The monoisotopic (exact) mass is 151 g/mol. The van der Waals surface area contributed by atoms with Gasteiger partial charge in [-0.25, -0.2) is 0 Å². The first-order chi connectivity index (χ1) is 3.93. The molecule has 1 nitrogen and oxygen atoms in total. The summed E-state index contributed by atoms with van der Waals surface area (Å²) in [6, 6.07) is 3.21. The molecular weight excluding hydrogens is 137 g/mol. The first kappa shape index (κ1) is 9.99. The smallest absolute Gasteiger partial charge is 0.357 e. The third-order valence-corrected chi connectivity index (χ3v) is 8.10. The molecule has 0 unspecified atom stereocenters. The van der Waals surface area contributed by atoms with Crippen LogP contribution in [-0.2, 0) is 0 Å². The zero-order valence-electron chi connectivity index (χ0n) is 6.40. The second-order valence-corrected chi connectivity index (χ2v) is 7.39. The Morgan fingerprint density at radius 2 is 1.89 bits per heavy atom. The fourth-order valence-electron chi connectivity index (χ4n) is 1.23. The topological polar surface area (TPSA) is 3.24 Å². The Kier molecular flexibility index (Phi) is 6.39. The van der Waals surface area contributed by atoms with Crippen LogP contribution in [0.3, 0.4) is 0 Å². The fourth-order valence-corrected chi connectivity index (χ4v) is 7.04. The molecule has 1 saturated heterocycles. The van der Waals surface area contributed by atoms with Gasteiger partial charge in [-0.1, -0.05) is 12.1 Å². The van der Waals surface area contributed by atoms with Crippen LogP contribution in [0.5, 0.6) is 0 Å². The Bertz CT molecular complexity index is 66.0. The minimum Gasteiger partial charge on any atom is -0.357 e. The van der Waals surface area contributed by atoms with Gasteiger partial charge in [0.25, 0.3) is 0 Å². The SMILES string of the molecule is [CH2-]CCN1[SiH2]CC[SiH2]1.[Li+]. The van der Waals surface area contributed by atoms with E-state index in [9.17, 15) is 0 Å². The Hall–Kier alpha value is 0.991. The summed E-state index contributed by atoms with van der Waals surface area (Å²) in [5, 5.41) is 0. The van der Waals surface area contributed by atoms with Crippen molar-refractivity contribution < 1.29 is 18.9 Å². The van der Waals surface area contributed by atoms with Gasteiger partial charge in [-0.2, -0.15) is 6.42 Å². The molecule has 0 N–H and O–H groups in total. The Balaban J connectivity index is 0.000000640. The molecule has 0 spiro atoms. The molecule has 48 valence electrons. The van der Waals surface area contributed by atoms with Crippen molar-refractivity contribution >= 4 is 19.4 Å². The van der Waals surface area contributed by atoms with Crippen LogP contribution in [0, 0.1) is 6.92 Å². The zero-order valence-corrected chi connectivity index (χ0v) is 9.23. The van der Waals surface area contributed by atoms with Crippen LogP contribution in [-0.4, -0.2) is 30.1 Å². The van der Waals surface area contributed by atoms with Gasteiger partial charge in [-0.3, -0.25) is 0 Å². The van der Waals surface area contributed by atoms with Crippen molar-refractivity contribution in [3.05, 3.63) is 6.92 Å². The molecule has 0 aromatic rings. The molecule has 1 rings (SSSR count). The molecule has 0 aliphatic carbocycles. The molecule has 1 aliphatic rings. The number of hydrogen-bond acceptors (Lipinski definition) is 1. The van der Waals surface area contributed by atoms with E-state index in [0.717, 1.165) is 6.42 Å². The maximum Gasteiger partial charge on any atom is 1.00 e. The van der Waals surface area contributed by atoms with Crippen molar-refractivity contribution in [3.8, 4) is 0 Å². The number of hydrogen-bond donors (Lipinski definition) is 0. The average molecular weight is 151 g/mol. The van der Waals surface area contributed by atoms with Crippen molar-refractivity contribution in [1.82, 2.24) is 4.23 Å². The molecule has 0 atom stereocenters. The molecule has 1 heterocycles. The van der Waals surface area contributed by atoms with E-state index >= 15 is 0 Å². The normalized spacial score (nSPS) is 25.0. The van der Waals surface area contributed by atoms with Crippen LogP contribution in [0.15, 0.2) is 0 Å². The van der Waals surface area contributed by atoms with Crippen LogP contribution < -0.4 is 18.9 Å². The minimum atomic E-state index is 0. The maximum atomic E-state index is 3.85. The molecule has 4 heteroatoms. The van der Waals surface area contributed by atoms with E-state index in [0.29, 0.717) is 19.4 Å². The van der Waals surface area contributed by atoms with Gasteiger partial charge < -0.3 is 11.2 Å². The summed E-state index contributed by atoms with van der Waals surface area (Å²) in [5.74, 6) is 0. The van der Waals surface area contributed by atoms with Gasteiger partial charge in [0.2, 0.25) is 0 Å². The van der Waals surface area contributed by atoms with Crippen molar-refractivity contribution in [2.24, 2.45) is 0 Å². The Morgan fingerprint density at radius 3 is 2.33 bits per heavy atom. The van der Waals surface area contributed by atoms with Crippen LogP contribution in [0.1, 0.15) is 6.42 Å².